The van der Waals surface area contributed by atoms with Gasteiger partial charge in [0.25, 0.3) is 10.2 Å². The lowest BCUT2D eigenvalue weighted by Crippen LogP contribution is -2.35. The minimum absolute atomic E-state index is 0.288. The lowest BCUT2D eigenvalue weighted by molar-refractivity contribution is 0.505. The van der Waals surface area contributed by atoms with Gasteiger partial charge in [0, 0.05) is 37.2 Å². The first-order chi connectivity index (χ1) is 8.42. The maximum atomic E-state index is 11.7. The van der Waals surface area contributed by atoms with Gasteiger partial charge in [0.15, 0.2) is 0 Å². The zero-order valence-corrected chi connectivity index (χ0v) is 11.5. The first kappa shape index (κ1) is 13.1. The van der Waals surface area contributed by atoms with E-state index in [1.165, 1.54) is 14.1 Å². The third-order valence-electron chi connectivity index (χ3n) is 2.94. The lowest BCUT2D eigenvalue weighted by Gasteiger charge is -2.12. The van der Waals surface area contributed by atoms with Crippen molar-refractivity contribution >= 4 is 21.1 Å². The van der Waals surface area contributed by atoms with E-state index in [9.17, 15) is 8.42 Å². The van der Waals surface area contributed by atoms with Crippen LogP contribution in [-0.4, -0.2) is 31.8 Å². The first-order valence-corrected chi connectivity index (χ1v) is 7.09. The minimum atomic E-state index is -3.39. The highest BCUT2D eigenvalue weighted by molar-refractivity contribution is 7.87. The quantitative estimate of drug-likeness (QED) is 0.878. The summed E-state index contributed by atoms with van der Waals surface area (Å²) in [6.45, 7) is 2.23. The molecule has 5 nitrogen and oxygen atoms in total. The van der Waals surface area contributed by atoms with Crippen molar-refractivity contribution in [3.05, 3.63) is 35.5 Å². The molecule has 18 heavy (non-hydrogen) atoms. The van der Waals surface area contributed by atoms with Crippen molar-refractivity contribution in [3.63, 3.8) is 0 Å². The van der Waals surface area contributed by atoms with E-state index in [1.54, 1.807) is 0 Å². The number of aromatic nitrogens is 1. The molecule has 0 spiro atoms. The van der Waals surface area contributed by atoms with Crippen LogP contribution in [0, 0.1) is 6.92 Å². The van der Waals surface area contributed by atoms with E-state index in [0.717, 1.165) is 26.5 Å². The second-order valence-corrected chi connectivity index (χ2v) is 6.35. The SMILES string of the molecule is Cc1[nH]c2ccccc2c1CNS(=O)(=O)N(C)C. The maximum absolute atomic E-state index is 11.7. The second-order valence-electron chi connectivity index (χ2n) is 4.38. The Labute approximate surface area is 107 Å². The predicted molar refractivity (Wildman–Crippen MR) is 72.5 cm³/mol. The van der Waals surface area contributed by atoms with Crippen LogP contribution in [0.1, 0.15) is 11.3 Å². The van der Waals surface area contributed by atoms with Crippen molar-refractivity contribution in [2.45, 2.75) is 13.5 Å². The summed E-state index contributed by atoms with van der Waals surface area (Å²) in [5.41, 5.74) is 2.99. The average molecular weight is 267 g/mol. The van der Waals surface area contributed by atoms with Gasteiger partial charge in [-0.1, -0.05) is 18.2 Å². The molecule has 0 saturated carbocycles. The number of benzene rings is 1. The van der Waals surface area contributed by atoms with Gasteiger partial charge in [-0.3, -0.25) is 0 Å². The number of hydrogen-bond acceptors (Lipinski definition) is 2. The van der Waals surface area contributed by atoms with Gasteiger partial charge < -0.3 is 4.98 Å². The Morgan fingerprint density at radius 2 is 1.94 bits per heavy atom. The van der Waals surface area contributed by atoms with E-state index in [0.29, 0.717) is 0 Å². The van der Waals surface area contributed by atoms with E-state index in [-0.39, 0.29) is 6.54 Å². The fourth-order valence-corrected chi connectivity index (χ4v) is 2.44. The van der Waals surface area contributed by atoms with Gasteiger partial charge >= 0.3 is 0 Å². The molecule has 1 heterocycles. The van der Waals surface area contributed by atoms with E-state index >= 15 is 0 Å². The van der Waals surface area contributed by atoms with Crippen LogP contribution in [-0.2, 0) is 16.8 Å². The van der Waals surface area contributed by atoms with Crippen LogP contribution in [0.4, 0.5) is 0 Å². The summed E-state index contributed by atoms with van der Waals surface area (Å²) in [6.07, 6.45) is 0. The van der Waals surface area contributed by atoms with Gasteiger partial charge in [-0.05, 0) is 18.6 Å². The van der Waals surface area contributed by atoms with E-state index in [4.69, 9.17) is 0 Å². The summed E-state index contributed by atoms with van der Waals surface area (Å²) in [5.74, 6) is 0. The zero-order chi connectivity index (χ0) is 13.3. The highest BCUT2D eigenvalue weighted by Crippen LogP contribution is 2.21. The molecule has 2 N–H and O–H groups in total. The van der Waals surface area contributed by atoms with Crippen molar-refractivity contribution < 1.29 is 8.42 Å². The molecule has 0 unspecified atom stereocenters. The van der Waals surface area contributed by atoms with Crippen LogP contribution in [0.2, 0.25) is 0 Å². The maximum Gasteiger partial charge on any atom is 0.279 e. The lowest BCUT2D eigenvalue weighted by atomic mass is 10.1. The molecule has 0 aliphatic rings. The van der Waals surface area contributed by atoms with Crippen LogP contribution < -0.4 is 4.72 Å². The highest BCUT2D eigenvalue weighted by Gasteiger charge is 2.15. The number of H-pyrrole nitrogens is 1. The number of para-hydroxylation sites is 1. The molecule has 0 saturated heterocycles. The number of nitrogens with zero attached hydrogens (tertiary/aromatic N) is 1. The first-order valence-electron chi connectivity index (χ1n) is 5.65. The number of fused-ring (bicyclic) bond motifs is 1. The monoisotopic (exact) mass is 267 g/mol. The third-order valence-corrected chi connectivity index (χ3v) is 4.41. The highest BCUT2D eigenvalue weighted by atomic mass is 32.2. The summed E-state index contributed by atoms with van der Waals surface area (Å²) >= 11 is 0. The van der Waals surface area contributed by atoms with Crippen molar-refractivity contribution in [1.82, 2.24) is 14.0 Å². The second kappa shape index (κ2) is 4.72. The largest absolute Gasteiger partial charge is 0.358 e. The van der Waals surface area contributed by atoms with Crippen molar-refractivity contribution in [2.24, 2.45) is 0 Å². The zero-order valence-electron chi connectivity index (χ0n) is 10.7. The summed E-state index contributed by atoms with van der Waals surface area (Å²) in [6, 6.07) is 7.86. The number of rotatable bonds is 4. The van der Waals surface area contributed by atoms with Crippen LogP contribution in [0.15, 0.2) is 24.3 Å². The van der Waals surface area contributed by atoms with Gasteiger partial charge in [0.2, 0.25) is 0 Å². The van der Waals surface area contributed by atoms with Gasteiger partial charge in [-0.25, -0.2) is 0 Å². The molecule has 1 aromatic heterocycles. The molecule has 2 rings (SSSR count). The van der Waals surface area contributed by atoms with Crippen LogP contribution in [0.3, 0.4) is 0 Å². The third kappa shape index (κ3) is 2.40. The Morgan fingerprint density at radius 3 is 2.61 bits per heavy atom. The van der Waals surface area contributed by atoms with Crippen molar-refractivity contribution in [2.75, 3.05) is 14.1 Å². The summed E-state index contributed by atoms with van der Waals surface area (Å²) in [4.78, 5) is 3.24. The molecule has 0 amide bonds. The number of aryl methyl sites for hydroxylation is 1. The molecule has 0 aliphatic carbocycles. The standard InChI is InChI=1S/C12H17N3O2S/c1-9-11(8-13-18(16,17)15(2)3)10-6-4-5-7-12(10)14-9/h4-7,13-14H,8H2,1-3H3. The Balaban J connectivity index is 2.30. The molecule has 0 aliphatic heterocycles. The van der Waals surface area contributed by atoms with Crippen LogP contribution in [0.5, 0.6) is 0 Å². The Morgan fingerprint density at radius 1 is 1.28 bits per heavy atom. The van der Waals surface area contributed by atoms with Crippen molar-refractivity contribution in [3.8, 4) is 0 Å². The summed E-state index contributed by atoms with van der Waals surface area (Å²) < 4.78 is 27.1. The molecule has 0 bridgehead atoms. The molecule has 2 aromatic rings. The van der Waals surface area contributed by atoms with Crippen molar-refractivity contribution in [1.29, 1.82) is 0 Å². The smallest absolute Gasteiger partial charge is 0.279 e. The van der Waals surface area contributed by atoms with Gasteiger partial charge in [0.1, 0.15) is 0 Å². The topological polar surface area (TPSA) is 65.2 Å². The van der Waals surface area contributed by atoms with Gasteiger partial charge in [0.05, 0.1) is 0 Å². The minimum Gasteiger partial charge on any atom is -0.358 e. The fraction of sp³-hybridized carbons (Fsp3) is 0.333. The number of aromatic amines is 1. The molecule has 0 atom stereocenters. The number of hydrogen-bond donors (Lipinski definition) is 2. The molecule has 1 aromatic carbocycles. The van der Waals surface area contributed by atoms with Gasteiger partial charge in [-0.2, -0.15) is 17.4 Å². The predicted octanol–water partition coefficient (Wildman–Crippen LogP) is 1.37. The molecule has 0 fully saturated rings. The molecule has 6 heteroatoms. The molecular weight excluding hydrogens is 250 g/mol. The Bertz CT molecular complexity index is 659. The normalized spacial score (nSPS) is 12.4. The number of nitrogens with one attached hydrogen (secondary N) is 2. The van der Waals surface area contributed by atoms with E-state index in [2.05, 4.69) is 9.71 Å². The average Bonchev–Trinajstić information content (AvgIpc) is 2.62. The van der Waals surface area contributed by atoms with E-state index < -0.39 is 10.2 Å². The summed E-state index contributed by atoms with van der Waals surface area (Å²) in [5, 5.41) is 1.05. The molecule has 98 valence electrons. The molecule has 0 radical (unpaired) electrons. The summed E-state index contributed by atoms with van der Waals surface area (Å²) in [7, 11) is -0.381. The van der Waals surface area contributed by atoms with E-state index in [1.807, 2.05) is 31.2 Å². The van der Waals surface area contributed by atoms with Crippen LogP contribution >= 0.6 is 0 Å². The Hall–Kier alpha value is -1.37. The van der Waals surface area contributed by atoms with Crippen LogP contribution in [0.25, 0.3) is 10.9 Å². The molecular formula is C12H17N3O2S. The van der Waals surface area contributed by atoms with Gasteiger partial charge in [-0.15, -0.1) is 0 Å². The Kier molecular flexibility index (Phi) is 3.43. The fourth-order valence-electron chi connectivity index (χ4n) is 1.85.